The molecule has 0 fully saturated rings. The van der Waals surface area contributed by atoms with Crippen LogP contribution in [0.5, 0.6) is 0 Å². The topological polar surface area (TPSA) is 78.9 Å². The minimum Gasteiger partial charge on any atom is -0.469 e. The average Bonchev–Trinajstić information content (AvgIpc) is 2.80. The first-order valence-corrected chi connectivity index (χ1v) is 12.1. The van der Waals surface area contributed by atoms with Crippen molar-refractivity contribution in [2.24, 2.45) is 0 Å². The molecule has 0 aromatic carbocycles. The third-order valence-corrected chi connectivity index (χ3v) is 3.06. The Morgan fingerprint density at radius 2 is 0.568 bits per heavy atom. The maximum atomic E-state index is 9.59. The predicted molar refractivity (Wildman–Crippen MR) is 165 cm³/mol. The summed E-state index contributed by atoms with van der Waals surface area (Å²) < 4.78 is 12.5. The van der Waals surface area contributed by atoms with Gasteiger partial charge >= 0.3 is 11.9 Å². The van der Waals surface area contributed by atoms with Crippen LogP contribution < -0.4 is 0 Å². The lowest BCUT2D eigenvalue weighted by molar-refractivity contribution is -0.138. The van der Waals surface area contributed by atoms with Gasteiger partial charge in [-0.25, -0.2) is 0 Å². The van der Waals surface area contributed by atoms with Crippen LogP contribution in [-0.2, 0) is 28.6 Å². The largest absolute Gasteiger partial charge is 0.469 e. The summed E-state index contributed by atoms with van der Waals surface area (Å²) in [6.45, 7) is 30.7. The SMILES string of the molecule is C/C=C/C.CC(C)=C(C)C.CC(C)=O.CC=C(C)C.CC=C(C)C.COC.COC(C)=O.COC(C)=O. The number of methoxy groups -OCH3 is 3. The molecule has 6 nitrogen and oxygen atoms in total. The van der Waals surface area contributed by atoms with Gasteiger partial charge in [-0.1, -0.05) is 46.6 Å². The van der Waals surface area contributed by atoms with Crippen LogP contribution >= 0.6 is 0 Å². The van der Waals surface area contributed by atoms with Crippen LogP contribution in [0.3, 0.4) is 0 Å². The van der Waals surface area contributed by atoms with E-state index in [-0.39, 0.29) is 17.7 Å². The minimum absolute atomic E-state index is 0.167. The Bertz CT molecular complexity index is 531. The molecule has 0 bridgehead atoms. The van der Waals surface area contributed by atoms with Gasteiger partial charge in [0, 0.05) is 28.1 Å². The van der Waals surface area contributed by atoms with Gasteiger partial charge < -0.3 is 19.0 Å². The molecule has 0 aromatic heterocycles. The van der Waals surface area contributed by atoms with E-state index in [1.54, 1.807) is 14.2 Å². The number of ketones is 1. The lowest BCUT2D eigenvalue weighted by Crippen LogP contribution is -1.88. The van der Waals surface area contributed by atoms with E-state index in [1.165, 1.54) is 64.2 Å². The molecule has 224 valence electrons. The van der Waals surface area contributed by atoms with Crippen molar-refractivity contribution >= 4 is 17.7 Å². The molecule has 0 rings (SSSR count). The van der Waals surface area contributed by atoms with Crippen LogP contribution in [0.15, 0.2) is 46.6 Å². The molecule has 0 saturated carbocycles. The molecule has 0 atom stereocenters. The maximum Gasteiger partial charge on any atom is 0.302 e. The molecule has 0 aliphatic carbocycles. The van der Waals surface area contributed by atoms with Crippen molar-refractivity contribution in [2.45, 2.75) is 111 Å². The highest BCUT2D eigenvalue weighted by atomic mass is 16.5. The van der Waals surface area contributed by atoms with Gasteiger partial charge in [0.1, 0.15) is 5.78 Å². The molecule has 0 saturated heterocycles. The summed E-state index contributed by atoms with van der Waals surface area (Å²) >= 11 is 0. The summed E-state index contributed by atoms with van der Waals surface area (Å²) in [4.78, 5) is 28.6. The van der Waals surface area contributed by atoms with E-state index in [0.717, 1.165) is 0 Å². The summed E-state index contributed by atoms with van der Waals surface area (Å²) in [6.07, 6.45) is 8.17. The van der Waals surface area contributed by atoms with E-state index >= 15 is 0 Å². The molecule has 0 unspecified atom stereocenters. The van der Waals surface area contributed by atoms with E-state index in [9.17, 15) is 14.4 Å². The number of carbonyl (C=O) groups excluding carboxylic acids is 3. The molecule has 37 heavy (non-hydrogen) atoms. The number of hydrogen-bond acceptors (Lipinski definition) is 6. The van der Waals surface area contributed by atoms with E-state index in [0.29, 0.717) is 0 Å². The Labute approximate surface area is 232 Å². The van der Waals surface area contributed by atoms with Crippen molar-refractivity contribution in [1.29, 1.82) is 0 Å². The van der Waals surface area contributed by atoms with Crippen LogP contribution in [-0.4, -0.2) is 46.2 Å². The third-order valence-electron chi connectivity index (χ3n) is 3.06. The number of esters is 2. The molecule has 0 N–H and O–H groups in total. The molecule has 0 amide bonds. The zero-order valence-corrected chi connectivity index (χ0v) is 28.3. The van der Waals surface area contributed by atoms with Gasteiger partial charge in [-0.2, -0.15) is 0 Å². The highest BCUT2D eigenvalue weighted by Crippen LogP contribution is 1.97. The highest BCUT2D eigenvalue weighted by Gasteiger charge is 1.76. The normalized spacial score (nSPS) is 7.24. The van der Waals surface area contributed by atoms with Gasteiger partial charge in [-0.05, 0) is 96.9 Å². The Kier molecular flexibility index (Phi) is 81.1. The molecular weight excluding hydrogens is 468 g/mol. The fourth-order valence-electron chi connectivity index (χ4n) is 0. The zero-order valence-electron chi connectivity index (χ0n) is 28.3. The Morgan fingerprint density at radius 3 is 0.568 bits per heavy atom. The fourth-order valence-corrected chi connectivity index (χ4v) is 0. The van der Waals surface area contributed by atoms with Gasteiger partial charge in [0.15, 0.2) is 0 Å². The molecule has 0 aromatic rings. The molecule has 0 spiro atoms. The summed E-state index contributed by atoms with van der Waals surface area (Å²) in [5.41, 5.74) is 5.61. The number of rotatable bonds is 0. The van der Waals surface area contributed by atoms with Crippen molar-refractivity contribution < 1.29 is 28.6 Å². The van der Waals surface area contributed by atoms with Crippen molar-refractivity contribution in [1.82, 2.24) is 0 Å². The number of carbonyl (C=O) groups is 3. The quantitative estimate of drug-likeness (QED) is 0.229. The van der Waals surface area contributed by atoms with Crippen molar-refractivity contribution in [2.75, 3.05) is 28.4 Å². The molecule has 0 heterocycles. The molecule has 0 aliphatic rings. The Balaban J connectivity index is -0.0000000436. The summed E-state index contributed by atoms with van der Waals surface area (Å²) in [7, 11) is 5.95. The predicted octanol–water partition coefficient (Wildman–Crippen LogP) is 9.11. The lowest BCUT2D eigenvalue weighted by Gasteiger charge is -1.88. The first-order valence-electron chi connectivity index (χ1n) is 12.1. The first-order chi connectivity index (χ1) is 16.8. The van der Waals surface area contributed by atoms with Crippen LogP contribution in [0.1, 0.15) is 111 Å². The smallest absolute Gasteiger partial charge is 0.302 e. The van der Waals surface area contributed by atoms with E-state index < -0.39 is 0 Å². The number of Topliss-reactive ketones (excluding diaryl/α,β-unsaturated/α-hetero) is 1. The van der Waals surface area contributed by atoms with Crippen LogP contribution in [0, 0.1) is 0 Å². The fraction of sp³-hybridized carbons (Fsp3) is 0.645. The third kappa shape index (κ3) is 301. The maximum absolute atomic E-state index is 9.59. The minimum atomic E-state index is -0.245. The summed E-state index contributed by atoms with van der Waals surface area (Å²) in [5.74, 6) is -0.324. The zero-order chi connectivity index (χ0) is 32.0. The van der Waals surface area contributed by atoms with Crippen molar-refractivity contribution in [3.63, 3.8) is 0 Å². The van der Waals surface area contributed by atoms with E-state index in [2.05, 4.69) is 81.8 Å². The lowest BCUT2D eigenvalue weighted by atomic mass is 10.2. The van der Waals surface area contributed by atoms with E-state index in [4.69, 9.17) is 0 Å². The van der Waals surface area contributed by atoms with E-state index in [1.807, 2.05) is 39.8 Å². The second kappa shape index (κ2) is 54.4. The number of allylic oxidation sites excluding steroid dienone is 8. The summed E-state index contributed by atoms with van der Waals surface area (Å²) in [6, 6.07) is 0. The second-order valence-corrected chi connectivity index (χ2v) is 8.11. The van der Waals surface area contributed by atoms with Crippen LogP contribution in [0.25, 0.3) is 0 Å². The molecule has 6 heteroatoms. The highest BCUT2D eigenvalue weighted by molar-refractivity contribution is 5.72. The van der Waals surface area contributed by atoms with Crippen LogP contribution in [0.2, 0.25) is 0 Å². The van der Waals surface area contributed by atoms with Gasteiger partial charge in [-0.15, -0.1) is 0 Å². The van der Waals surface area contributed by atoms with Gasteiger partial charge in [0.05, 0.1) is 14.2 Å². The number of hydrogen-bond donors (Lipinski definition) is 0. The van der Waals surface area contributed by atoms with Gasteiger partial charge in [0.2, 0.25) is 0 Å². The summed E-state index contributed by atoms with van der Waals surface area (Å²) in [5, 5.41) is 0. The first kappa shape index (κ1) is 55.2. The average molecular weight is 533 g/mol. The number of ether oxygens (including phenoxy) is 3. The monoisotopic (exact) mass is 532 g/mol. The molecule has 0 aliphatic heterocycles. The Hall–Kier alpha value is -2.47. The Morgan fingerprint density at radius 1 is 0.459 bits per heavy atom. The van der Waals surface area contributed by atoms with Gasteiger partial charge in [-0.3, -0.25) is 9.59 Å². The second-order valence-electron chi connectivity index (χ2n) is 8.11. The standard InChI is InChI=1S/C6H12.2C5H10.C4H8.2C3H6O2.C3H6O.C2H6O/c1-5(2)6(3)4;2*1-4-5(2)3;1-3-4-2;2*1-3(4)5-2;1-3(2)4;1-3-2/h1-4H3;2*4H,1-3H3;3-4H,1-2H3;2*1-2H3;1-2H3;1-2H3/b;;;4-3+;;;;. The van der Waals surface area contributed by atoms with Crippen molar-refractivity contribution in [3.05, 3.63) is 46.6 Å². The molecule has 0 radical (unpaired) electrons. The van der Waals surface area contributed by atoms with Crippen molar-refractivity contribution in [3.8, 4) is 0 Å². The molecular formula is C31H64O6. The van der Waals surface area contributed by atoms with Gasteiger partial charge in [0.25, 0.3) is 0 Å². The van der Waals surface area contributed by atoms with Crippen LogP contribution in [0.4, 0.5) is 0 Å².